The third-order valence-corrected chi connectivity index (χ3v) is 3.14. The molecule has 1 aliphatic carbocycles. The van der Waals surface area contributed by atoms with Crippen LogP contribution in [0.2, 0.25) is 0 Å². The molecule has 100 valence electrons. The summed E-state index contributed by atoms with van der Waals surface area (Å²) >= 11 is 0. The van der Waals surface area contributed by atoms with E-state index in [0.29, 0.717) is 5.56 Å². The van der Waals surface area contributed by atoms with Crippen LogP contribution in [0.5, 0.6) is 5.75 Å². The number of carbonyl (C=O) groups excluding carboxylic acids is 1. The maximum atomic E-state index is 11.5. The number of carbonyl (C=O) groups is 1. The Morgan fingerprint density at radius 1 is 1.26 bits per heavy atom. The molecule has 1 amide bonds. The van der Waals surface area contributed by atoms with Crippen molar-refractivity contribution in [1.82, 2.24) is 5.32 Å². The fourth-order valence-corrected chi connectivity index (χ4v) is 2.15. The molecule has 0 aliphatic heterocycles. The van der Waals surface area contributed by atoms with Gasteiger partial charge in [0.2, 0.25) is 0 Å². The van der Waals surface area contributed by atoms with Crippen LogP contribution in [0.25, 0.3) is 0 Å². The molecular weight excluding hydrogens is 244 g/mol. The summed E-state index contributed by atoms with van der Waals surface area (Å²) in [6, 6.07) is 8.72. The zero-order chi connectivity index (χ0) is 13.5. The standard InChI is InChI=1S/C14H16N2O3/c15-10-11-6-4-5-9-13(11)18-19-14(17)16-12-7-2-1-3-8-12/h4-6,9,12H,1-3,7-8H2,(H,16,17). The van der Waals surface area contributed by atoms with E-state index in [1.807, 2.05) is 6.07 Å². The van der Waals surface area contributed by atoms with Gasteiger partial charge in [-0.05, 0) is 25.0 Å². The van der Waals surface area contributed by atoms with Gasteiger partial charge in [-0.15, -0.1) is 0 Å². The van der Waals surface area contributed by atoms with Crippen molar-refractivity contribution < 1.29 is 14.6 Å². The minimum Gasteiger partial charge on any atom is -0.316 e. The van der Waals surface area contributed by atoms with Crippen LogP contribution in [-0.4, -0.2) is 12.1 Å². The van der Waals surface area contributed by atoms with E-state index in [9.17, 15) is 4.79 Å². The van der Waals surface area contributed by atoms with E-state index in [2.05, 4.69) is 10.2 Å². The lowest BCUT2D eigenvalue weighted by Crippen LogP contribution is -2.37. The van der Waals surface area contributed by atoms with Crippen LogP contribution >= 0.6 is 0 Å². The quantitative estimate of drug-likeness (QED) is 0.670. The van der Waals surface area contributed by atoms with Gasteiger partial charge in [-0.3, -0.25) is 4.89 Å². The minimum absolute atomic E-state index is 0.163. The first-order chi connectivity index (χ1) is 9.29. The maximum absolute atomic E-state index is 11.5. The van der Waals surface area contributed by atoms with Gasteiger partial charge in [0.15, 0.2) is 5.75 Å². The largest absolute Gasteiger partial charge is 0.450 e. The number of nitrogens with zero attached hydrogens (tertiary/aromatic N) is 1. The lowest BCUT2D eigenvalue weighted by Gasteiger charge is -2.21. The van der Waals surface area contributed by atoms with Gasteiger partial charge in [-0.1, -0.05) is 31.4 Å². The fraction of sp³-hybridized carbons (Fsp3) is 0.429. The van der Waals surface area contributed by atoms with E-state index in [1.54, 1.807) is 24.3 Å². The molecule has 1 saturated carbocycles. The van der Waals surface area contributed by atoms with E-state index >= 15 is 0 Å². The second kappa shape index (κ2) is 6.64. The van der Waals surface area contributed by atoms with E-state index in [1.165, 1.54) is 6.42 Å². The monoisotopic (exact) mass is 260 g/mol. The zero-order valence-corrected chi connectivity index (χ0v) is 10.6. The van der Waals surface area contributed by atoms with Crippen LogP contribution in [0.15, 0.2) is 24.3 Å². The van der Waals surface area contributed by atoms with Gasteiger partial charge in [0.25, 0.3) is 0 Å². The molecule has 0 heterocycles. The lowest BCUT2D eigenvalue weighted by atomic mass is 9.96. The summed E-state index contributed by atoms with van der Waals surface area (Å²) in [4.78, 5) is 21.1. The summed E-state index contributed by atoms with van der Waals surface area (Å²) in [5.74, 6) is 0.240. The van der Waals surface area contributed by atoms with Crippen molar-refractivity contribution >= 4 is 6.09 Å². The van der Waals surface area contributed by atoms with Crippen LogP contribution in [0.4, 0.5) is 4.79 Å². The summed E-state index contributed by atoms with van der Waals surface area (Å²) in [5.41, 5.74) is 0.327. The second-order valence-corrected chi connectivity index (χ2v) is 4.54. The predicted molar refractivity (Wildman–Crippen MR) is 68.3 cm³/mol. The molecule has 0 saturated heterocycles. The fourth-order valence-electron chi connectivity index (χ4n) is 2.15. The molecule has 0 aromatic heterocycles. The molecule has 0 bridgehead atoms. The molecule has 2 rings (SSSR count). The Labute approximate surface area is 112 Å². The molecule has 1 aliphatic rings. The lowest BCUT2D eigenvalue weighted by molar-refractivity contribution is -0.143. The molecule has 0 radical (unpaired) electrons. The van der Waals surface area contributed by atoms with E-state index < -0.39 is 6.09 Å². The number of nitriles is 1. The molecule has 1 fully saturated rings. The molecule has 0 atom stereocenters. The Morgan fingerprint density at radius 2 is 2.00 bits per heavy atom. The highest BCUT2D eigenvalue weighted by Gasteiger charge is 2.17. The first-order valence-corrected chi connectivity index (χ1v) is 6.44. The average molecular weight is 260 g/mol. The van der Waals surface area contributed by atoms with Crippen molar-refractivity contribution in [2.75, 3.05) is 0 Å². The first kappa shape index (κ1) is 13.2. The second-order valence-electron chi connectivity index (χ2n) is 4.54. The van der Waals surface area contributed by atoms with Gasteiger partial charge in [0.1, 0.15) is 6.07 Å². The van der Waals surface area contributed by atoms with Crippen molar-refractivity contribution in [2.24, 2.45) is 0 Å². The summed E-state index contributed by atoms with van der Waals surface area (Å²) in [6.07, 6.45) is 4.82. The Bertz CT molecular complexity index is 476. The summed E-state index contributed by atoms with van der Waals surface area (Å²) in [5, 5.41) is 11.6. The molecule has 1 N–H and O–H groups in total. The molecule has 1 aromatic rings. The van der Waals surface area contributed by atoms with Crippen LogP contribution < -0.4 is 10.2 Å². The Hall–Kier alpha value is -2.22. The number of rotatable bonds is 3. The Kier molecular flexibility index (Phi) is 4.62. The normalized spacial score (nSPS) is 15.3. The highest BCUT2D eigenvalue weighted by Crippen LogP contribution is 2.18. The zero-order valence-electron chi connectivity index (χ0n) is 10.6. The highest BCUT2D eigenvalue weighted by molar-refractivity contribution is 5.67. The van der Waals surface area contributed by atoms with Crippen LogP contribution in [0.1, 0.15) is 37.7 Å². The number of hydrogen-bond donors (Lipinski definition) is 1. The van der Waals surface area contributed by atoms with Crippen LogP contribution in [0, 0.1) is 11.3 Å². The van der Waals surface area contributed by atoms with Crippen LogP contribution in [0.3, 0.4) is 0 Å². The Balaban J connectivity index is 1.81. The van der Waals surface area contributed by atoms with Gasteiger partial charge in [-0.2, -0.15) is 5.26 Å². The molecule has 19 heavy (non-hydrogen) atoms. The van der Waals surface area contributed by atoms with Crippen molar-refractivity contribution in [3.63, 3.8) is 0 Å². The van der Waals surface area contributed by atoms with Crippen molar-refractivity contribution in [3.05, 3.63) is 29.8 Å². The predicted octanol–water partition coefficient (Wildman–Crippen LogP) is 2.91. The molecule has 1 aromatic carbocycles. The smallest absolute Gasteiger partial charge is 0.316 e. The average Bonchev–Trinajstić information content (AvgIpc) is 2.46. The molecular formula is C14H16N2O3. The van der Waals surface area contributed by atoms with Gasteiger partial charge in [-0.25, -0.2) is 9.68 Å². The number of hydrogen-bond acceptors (Lipinski definition) is 4. The van der Waals surface area contributed by atoms with Gasteiger partial charge in [0, 0.05) is 6.04 Å². The summed E-state index contributed by atoms with van der Waals surface area (Å²) in [6.45, 7) is 0. The van der Waals surface area contributed by atoms with Gasteiger partial charge < -0.3 is 5.32 Å². The van der Waals surface area contributed by atoms with Crippen molar-refractivity contribution in [1.29, 1.82) is 5.26 Å². The third-order valence-electron chi connectivity index (χ3n) is 3.14. The molecule has 0 unspecified atom stereocenters. The van der Waals surface area contributed by atoms with Crippen LogP contribution in [-0.2, 0) is 4.89 Å². The SMILES string of the molecule is N#Cc1ccccc1OOC(=O)NC1CCCCC1. The van der Waals surface area contributed by atoms with E-state index in [4.69, 9.17) is 10.1 Å². The summed E-state index contributed by atoms with van der Waals surface area (Å²) in [7, 11) is 0. The topological polar surface area (TPSA) is 71.3 Å². The minimum atomic E-state index is -0.611. The first-order valence-electron chi connectivity index (χ1n) is 6.44. The van der Waals surface area contributed by atoms with Crippen molar-refractivity contribution in [2.45, 2.75) is 38.1 Å². The van der Waals surface area contributed by atoms with E-state index in [-0.39, 0.29) is 11.8 Å². The number of para-hydroxylation sites is 1. The molecule has 5 heteroatoms. The number of benzene rings is 1. The Morgan fingerprint density at radius 3 is 2.74 bits per heavy atom. The van der Waals surface area contributed by atoms with Gasteiger partial charge >= 0.3 is 6.09 Å². The highest BCUT2D eigenvalue weighted by atomic mass is 17.2. The molecule has 5 nitrogen and oxygen atoms in total. The third kappa shape index (κ3) is 3.88. The number of amides is 1. The maximum Gasteiger partial charge on any atom is 0.450 e. The van der Waals surface area contributed by atoms with Gasteiger partial charge in [0.05, 0.1) is 5.56 Å². The summed E-state index contributed by atoms with van der Waals surface area (Å²) < 4.78 is 0. The number of nitrogens with one attached hydrogen (secondary N) is 1. The molecule has 0 spiro atoms. The van der Waals surface area contributed by atoms with E-state index in [0.717, 1.165) is 25.7 Å². The van der Waals surface area contributed by atoms with Crippen molar-refractivity contribution in [3.8, 4) is 11.8 Å².